The molecule has 3 aromatic rings. The minimum atomic E-state index is -1.88. The second-order valence-electron chi connectivity index (χ2n) is 12.5. The highest BCUT2D eigenvalue weighted by Gasteiger charge is 2.45. The molecule has 1 saturated carbocycles. The molecule has 0 aliphatic heterocycles. The van der Waals surface area contributed by atoms with E-state index in [1.807, 2.05) is 20.0 Å². The van der Waals surface area contributed by atoms with Crippen molar-refractivity contribution in [2.45, 2.75) is 84.0 Å². The molecule has 0 aromatic carbocycles. The monoisotopic (exact) mass is 585 g/mol. The maximum absolute atomic E-state index is 14.8. The largest absolute Gasteiger partial charge is 0.449 e. The number of aromatic nitrogens is 4. The van der Waals surface area contributed by atoms with Gasteiger partial charge in [-0.1, -0.05) is 41.0 Å². The van der Waals surface area contributed by atoms with Gasteiger partial charge in [0.1, 0.15) is 16.5 Å². The summed E-state index contributed by atoms with van der Waals surface area (Å²) < 4.78 is 26.7. The van der Waals surface area contributed by atoms with Gasteiger partial charge < -0.3 is 9.16 Å². The van der Waals surface area contributed by atoms with Crippen molar-refractivity contribution in [1.29, 1.82) is 0 Å². The zero-order valence-electron chi connectivity index (χ0n) is 24.5. The van der Waals surface area contributed by atoms with E-state index in [1.165, 1.54) is 22.3 Å². The minimum Gasteiger partial charge on any atom is -0.449 e. The highest BCUT2D eigenvalue weighted by Crippen LogP contribution is 2.45. The standard InChI is InChI=1S/C29H40FN5O3SSi/c1-20(2)17-37-27(36)35(19-29(13-9-14-29)25-22(30)10-8-15-31-25)24-12-11-23(33-34-24)26-32-16-21(39-26)18-38-40(6,7)28(3,4)5/h8,10-12,15-16,20H,9,13-14,17-19H2,1-7H3. The third-order valence-corrected chi connectivity index (χ3v) is 13.3. The molecule has 11 heteroatoms. The van der Waals surface area contributed by atoms with Gasteiger partial charge in [0.15, 0.2) is 14.1 Å². The van der Waals surface area contributed by atoms with Crippen LogP contribution in [0.2, 0.25) is 18.1 Å². The lowest BCUT2D eigenvalue weighted by molar-refractivity contribution is 0.134. The number of anilines is 1. The van der Waals surface area contributed by atoms with Crippen LogP contribution in [0.3, 0.4) is 0 Å². The van der Waals surface area contributed by atoms with Gasteiger partial charge in [-0.15, -0.1) is 21.5 Å². The maximum Gasteiger partial charge on any atom is 0.415 e. The number of amides is 1. The van der Waals surface area contributed by atoms with Gasteiger partial charge in [-0.3, -0.25) is 9.88 Å². The smallest absolute Gasteiger partial charge is 0.415 e. The van der Waals surface area contributed by atoms with Crippen LogP contribution >= 0.6 is 11.3 Å². The summed E-state index contributed by atoms with van der Waals surface area (Å²) in [6.07, 6.45) is 5.26. The molecule has 0 bridgehead atoms. The summed E-state index contributed by atoms with van der Waals surface area (Å²) >= 11 is 1.52. The summed E-state index contributed by atoms with van der Waals surface area (Å²) in [7, 11) is -1.88. The Labute approximate surface area is 241 Å². The normalized spacial score (nSPS) is 15.1. The number of hydrogen-bond acceptors (Lipinski definition) is 8. The second kappa shape index (κ2) is 12.0. The highest BCUT2D eigenvalue weighted by atomic mass is 32.1. The highest BCUT2D eigenvalue weighted by molar-refractivity contribution is 7.15. The van der Waals surface area contributed by atoms with Gasteiger partial charge >= 0.3 is 6.09 Å². The Morgan fingerprint density at radius 2 is 1.93 bits per heavy atom. The third kappa shape index (κ3) is 6.75. The number of ether oxygens (including phenoxy) is 1. The molecule has 4 rings (SSSR count). The van der Waals surface area contributed by atoms with E-state index in [0.717, 1.165) is 29.1 Å². The molecular formula is C29H40FN5O3SSi. The number of nitrogens with zero attached hydrogens (tertiary/aromatic N) is 5. The Morgan fingerprint density at radius 1 is 1.18 bits per heavy atom. The second-order valence-corrected chi connectivity index (χ2v) is 18.4. The molecule has 40 heavy (non-hydrogen) atoms. The third-order valence-electron chi connectivity index (χ3n) is 7.87. The van der Waals surface area contributed by atoms with Crippen molar-refractivity contribution >= 4 is 31.6 Å². The van der Waals surface area contributed by atoms with Gasteiger partial charge in [0.25, 0.3) is 0 Å². The Morgan fingerprint density at radius 3 is 2.50 bits per heavy atom. The van der Waals surface area contributed by atoms with Crippen LogP contribution in [-0.2, 0) is 21.2 Å². The molecule has 0 unspecified atom stereocenters. The summed E-state index contributed by atoms with van der Waals surface area (Å²) in [5.74, 6) is 0.152. The average molecular weight is 586 g/mol. The Balaban J connectivity index is 1.54. The maximum atomic E-state index is 14.8. The lowest BCUT2D eigenvalue weighted by Gasteiger charge is -2.43. The fourth-order valence-electron chi connectivity index (χ4n) is 4.25. The van der Waals surface area contributed by atoms with Crippen LogP contribution in [0.4, 0.5) is 15.0 Å². The Kier molecular flexibility index (Phi) is 9.06. The summed E-state index contributed by atoms with van der Waals surface area (Å²) in [5, 5.41) is 9.65. The molecule has 0 saturated heterocycles. The first-order valence-corrected chi connectivity index (χ1v) is 17.5. The van der Waals surface area contributed by atoms with Crippen molar-refractivity contribution in [2.24, 2.45) is 5.92 Å². The first-order valence-electron chi connectivity index (χ1n) is 13.8. The van der Waals surface area contributed by atoms with E-state index in [2.05, 4.69) is 54.0 Å². The van der Waals surface area contributed by atoms with Crippen molar-refractivity contribution < 1.29 is 18.3 Å². The quantitative estimate of drug-likeness (QED) is 0.229. The minimum absolute atomic E-state index is 0.129. The van der Waals surface area contributed by atoms with Crippen LogP contribution in [0.1, 0.15) is 64.5 Å². The van der Waals surface area contributed by atoms with Gasteiger partial charge in [-0.2, -0.15) is 0 Å². The zero-order chi connectivity index (χ0) is 29.1. The van der Waals surface area contributed by atoms with Crippen molar-refractivity contribution in [1.82, 2.24) is 20.2 Å². The molecule has 0 atom stereocenters. The molecule has 1 amide bonds. The summed E-state index contributed by atoms with van der Waals surface area (Å²) in [6.45, 7) is 16.1. The molecular weight excluding hydrogens is 546 g/mol. The number of carbonyl (C=O) groups is 1. The average Bonchev–Trinajstić information content (AvgIpc) is 3.35. The predicted molar refractivity (Wildman–Crippen MR) is 158 cm³/mol. The number of halogens is 1. The lowest BCUT2D eigenvalue weighted by Crippen LogP contribution is -2.49. The number of carbonyl (C=O) groups excluding carboxylic acids is 1. The number of rotatable bonds is 10. The lowest BCUT2D eigenvalue weighted by atomic mass is 9.66. The molecule has 1 aliphatic carbocycles. The zero-order valence-corrected chi connectivity index (χ0v) is 26.3. The SMILES string of the molecule is CC(C)COC(=O)N(CC1(c2ncccc2F)CCC1)c1ccc(-c2ncc(CO[Si](C)(C)C(C)(C)C)s2)nn1. The number of thiazole rings is 1. The van der Waals surface area contributed by atoms with Crippen LogP contribution in [0, 0.1) is 11.7 Å². The molecule has 0 spiro atoms. The topological polar surface area (TPSA) is 90.3 Å². The molecule has 0 radical (unpaired) electrons. The van der Waals surface area contributed by atoms with E-state index in [-0.39, 0.29) is 29.9 Å². The van der Waals surface area contributed by atoms with E-state index in [0.29, 0.717) is 23.8 Å². The van der Waals surface area contributed by atoms with E-state index in [4.69, 9.17) is 9.16 Å². The van der Waals surface area contributed by atoms with E-state index in [1.54, 1.807) is 24.4 Å². The van der Waals surface area contributed by atoms with Crippen LogP contribution in [-0.4, -0.2) is 47.7 Å². The van der Waals surface area contributed by atoms with Gasteiger partial charge in [-0.05, 0) is 61.2 Å². The van der Waals surface area contributed by atoms with Crippen molar-refractivity contribution in [3.05, 3.63) is 53.0 Å². The molecule has 1 fully saturated rings. The van der Waals surface area contributed by atoms with Crippen molar-refractivity contribution in [3.63, 3.8) is 0 Å². The van der Waals surface area contributed by atoms with Crippen LogP contribution in [0.5, 0.6) is 0 Å². The van der Waals surface area contributed by atoms with E-state index < -0.39 is 19.8 Å². The summed E-state index contributed by atoms with van der Waals surface area (Å²) in [4.78, 5) is 24.6. The molecule has 0 N–H and O–H groups in total. The summed E-state index contributed by atoms with van der Waals surface area (Å²) in [6, 6.07) is 6.54. The molecule has 8 nitrogen and oxygen atoms in total. The molecule has 216 valence electrons. The van der Waals surface area contributed by atoms with Crippen molar-refractivity contribution in [3.8, 4) is 10.7 Å². The Hall–Kier alpha value is -2.76. The van der Waals surface area contributed by atoms with Crippen molar-refractivity contribution in [2.75, 3.05) is 18.1 Å². The number of hydrogen-bond donors (Lipinski definition) is 0. The van der Waals surface area contributed by atoms with Crippen LogP contribution < -0.4 is 4.90 Å². The predicted octanol–water partition coefficient (Wildman–Crippen LogP) is 7.38. The van der Waals surface area contributed by atoms with E-state index >= 15 is 0 Å². The fraction of sp³-hybridized carbons (Fsp3) is 0.552. The molecule has 3 heterocycles. The molecule has 1 aliphatic rings. The van der Waals surface area contributed by atoms with Gasteiger partial charge in [0.2, 0.25) is 0 Å². The number of pyridine rings is 1. The van der Waals surface area contributed by atoms with Crippen LogP contribution in [0.15, 0.2) is 36.7 Å². The Bertz CT molecular complexity index is 1310. The van der Waals surface area contributed by atoms with Crippen LogP contribution in [0.25, 0.3) is 10.7 Å². The summed E-state index contributed by atoms with van der Waals surface area (Å²) in [5.41, 5.74) is 0.386. The fourth-order valence-corrected chi connectivity index (χ4v) is 6.10. The molecule has 3 aromatic heterocycles. The van der Waals surface area contributed by atoms with Gasteiger partial charge in [0, 0.05) is 29.2 Å². The first kappa shape index (κ1) is 30.2. The van der Waals surface area contributed by atoms with Gasteiger partial charge in [-0.25, -0.2) is 14.2 Å². The van der Waals surface area contributed by atoms with Gasteiger partial charge in [0.05, 0.1) is 18.9 Å². The van der Waals surface area contributed by atoms with E-state index in [9.17, 15) is 9.18 Å². The first-order chi connectivity index (χ1) is 18.8.